The molecular formula is C18H21NO3. The number of hydrogen-bond acceptors (Lipinski definition) is 4. The van der Waals surface area contributed by atoms with E-state index in [1.54, 1.807) is 31.4 Å². The Morgan fingerprint density at radius 1 is 1.14 bits per heavy atom. The summed E-state index contributed by atoms with van der Waals surface area (Å²) in [4.78, 5) is 11.9. The van der Waals surface area contributed by atoms with Crippen molar-refractivity contribution in [2.24, 2.45) is 0 Å². The van der Waals surface area contributed by atoms with Crippen LogP contribution in [-0.2, 0) is 16.1 Å². The van der Waals surface area contributed by atoms with E-state index in [0.29, 0.717) is 17.9 Å². The van der Waals surface area contributed by atoms with E-state index >= 15 is 0 Å². The lowest BCUT2D eigenvalue weighted by Gasteiger charge is -2.18. The molecule has 0 aliphatic rings. The monoisotopic (exact) mass is 301 g/mol. The van der Waals surface area contributed by atoms with Crippen LogP contribution in [0.3, 0.4) is 0 Å². The molecule has 4 heteroatoms. The molecule has 0 heterocycles. The predicted octanol–water partition coefficient (Wildman–Crippen LogP) is 3.09. The molecule has 1 unspecified atom stereocenters. The van der Waals surface area contributed by atoms with Crippen LogP contribution in [0.1, 0.15) is 26.3 Å². The molecule has 0 saturated carbocycles. The summed E-state index contributed by atoms with van der Waals surface area (Å²) in [5.74, 6) is -0.247. The second-order valence-corrected chi connectivity index (χ2v) is 4.71. The van der Waals surface area contributed by atoms with Crippen LogP contribution in [0, 0.1) is 0 Å². The van der Waals surface area contributed by atoms with Gasteiger partial charge in [0.15, 0.2) is 0 Å². The summed E-state index contributed by atoms with van der Waals surface area (Å²) in [6.45, 7) is 0.425. The minimum Gasteiger partial charge on any atom is -0.497 e. The number of carbonyl (C=O) groups is 1. The summed E-state index contributed by atoms with van der Waals surface area (Å²) in [6.07, 6.45) is -2.21. The van der Waals surface area contributed by atoms with Gasteiger partial charge in [-0.05, 0) is 23.3 Å². The molecule has 0 saturated heterocycles. The Kier molecular flexibility index (Phi) is 4.97. The first kappa shape index (κ1) is 13.3. The highest BCUT2D eigenvalue weighted by atomic mass is 16.5. The maximum atomic E-state index is 11.9. The largest absolute Gasteiger partial charge is 0.497 e. The van der Waals surface area contributed by atoms with Gasteiger partial charge in [0, 0.05) is 15.3 Å². The normalized spacial score (nSPS) is 13.7. The van der Waals surface area contributed by atoms with Gasteiger partial charge in [-0.25, -0.2) is 0 Å². The maximum absolute atomic E-state index is 11.9. The third kappa shape index (κ3) is 4.60. The first-order valence-corrected chi connectivity index (χ1v) is 6.98. The summed E-state index contributed by atoms with van der Waals surface area (Å²) < 4.78 is 26.1. The molecule has 1 atom stereocenters. The molecule has 2 aromatic rings. The Hall–Kier alpha value is -2.33. The van der Waals surface area contributed by atoms with E-state index in [1.165, 1.54) is 7.11 Å². The van der Waals surface area contributed by atoms with Gasteiger partial charge in [0.05, 0.1) is 20.6 Å². The number of carbonyl (C=O) groups excluding carboxylic acids is 1. The standard InChI is InChI=1S/C18H21NO3/c1-21-16-10-8-15(9-11-16)17(12-18(20)22-2)19-13-14-6-4-3-5-7-14/h3-11,17,19H,12-13H2,1-2H3/i12D2. The second-order valence-electron chi connectivity index (χ2n) is 4.71. The summed E-state index contributed by atoms with van der Waals surface area (Å²) in [5.41, 5.74) is 1.64. The van der Waals surface area contributed by atoms with Crippen LogP contribution in [0.25, 0.3) is 0 Å². The third-order valence-electron chi connectivity index (χ3n) is 3.25. The molecule has 4 nitrogen and oxygen atoms in total. The molecule has 0 bridgehead atoms. The Morgan fingerprint density at radius 2 is 1.82 bits per heavy atom. The van der Waals surface area contributed by atoms with Crippen molar-refractivity contribution in [3.63, 3.8) is 0 Å². The smallest absolute Gasteiger partial charge is 0.307 e. The van der Waals surface area contributed by atoms with Crippen molar-refractivity contribution in [3.05, 3.63) is 65.7 Å². The Balaban J connectivity index is 2.27. The van der Waals surface area contributed by atoms with Crippen molar-refractivity contribution in [3.8, 4) is 5.75 Å². The van der Waals surface area contributed by atoms with Crippen molar-refractivity contribution >= 4 is 5.97 Å². The minimum absolute atomic E-state index is 0.425. The fourth-order valence-corrected chi connectivity index (χ4v) is 2.04. The van der Waals surface area contributed by atoms with E-state index < -0.39 is 18.4 Å². The van der Waals surface area contributed by atoms with Crippen molar-refractivity contribution < 1.29 is 17.0 Å². The summed E-state index contributed by atoms with van der Waals surface area (Å²) in [7, 11) is 2.75. The van der Waals surface area contributed by atoms with E-state index in [0.717, 1.165) is 5.56 Å². The molecule has 22 heavy (non-hydrogen) atoms. The van der Waals surface area contributed by atoms with E-state index in [2.05, 4.69) is 10.1 Å². The van der Waals surface area contributed by atoms with Gasteiger partial charge in [0.2, 0.25) is 0 Å². The molecule has 0 aromatic heterocycles. The van der Waals surface area contributed by atoms with Gasteiger partial charge >= 0.3 is 5.97 Å². The topological polar surface area (TPSA) is 47.6 Å². The molecular weight excluding hydrogens is 278 g/mol. The first-order valence-electron chi connectivity index (χ1n) is 7.98. The van der Waals surface area contributed by atoms with Gasteiger partial charge in [-0.1, -0.05) is 42.5 Å². The number of rotatable bonds is 7. The van der Waals surface area contributed by atoms with Gasteiger partial charge < -0.3 is 14.8 Å². The van der Waals surface area contributed by atoms with Crippen LogP contribution in [0.15, 0.2) is 54.6 Å². The van der Waals surface area contributed by atoms with Gasteiger partial charge in [-0.3, -0.25) is 4.79 Å². The molecule has 116 valence electrons. The molecule has 2 rings (SSSR count). The second kappa shape index (κ2) is 8.20. The molecule has 1 N–H and O–H groups in total. The Bertz CT molecular complexity index is 660. The molecule has 0 radical (unpaired) electrons. The minimum atomic E-state index is -2.21. The summed E-state index contributed by atoms with van der Waals surface area (Å²) in [5, 5.41) is 3.13. The number of esters is 1. The highest BCUT2D eigenvalue weighted by Crippen LogP contribution is 2.21. The summed E-state index contributed by atoms with van der Waals surface area (Å²) in [6, 6.07) is 15.7. The lowest BCUT2D eigenvalue weighted by atomic mass is 10.0. The van der Waals surface area contributed by atoms with Crippen LogP contribution in [0.4, 0.5) is 0 Å². The van der Waals surface area contributed by atoms with E-state index in [-0.39, 0.29) is 0 Å². The molecule has 0 aliphatic carbocycles. The summed E-state index contributed by atoms with van der Waals surface area (Å²) >= 11 is 0. The van der Waals surface area contributed by atoms with Gasteiger partial charge in [0.25, 0.3) is 0 Å². The highest BCUT2D eigenvalue weighted by Gasteiger charge is 2.16. The average Bonchev–Trinajstić information content (AvgIpc) is 2.62. The van der Waals surface area contributed by atoms with Gasteiger partial charge in [-0.15, -0.1) is 0 Å². The van der Waals surface area contributed by atoms with Crippen molar-refractivity contribution in [1.29, 1.82) is 0 Å². The van der Waals surface area contributed by atoms with Crippen molar-refractivity contribution in [1.82, 2.24) is 5.32 Å². The molecule has 2 aromatic carbocycles. The molecule has 0 spiro atoms. The lowest BCUT2D eigenvalue weighted by Crippen LogP contribution is -2.24. The van der Waals surface area contributed by atoms with Crippen molar-refractivity contribution in [2.45, 2.75) is 19.0 Å². The zero-order chi connectivity index (χ0) is 17.6. The van der Waals surface area contributed by atoms with E-state index in [9.17, 15) is 4.79 Å². The number of methoxy groups -OCH3 is 2. The van der Waals surface area contributed by atoms with Crippen LogP contribution in [-0.4, -0.2) is 20.2 Å². The molecule has 0 aliphatic heterocycles. The quantitative estimate of drug-likeness (QED) is 0.798. The fraction of sp³-hybridized carbons (Fsp3) is 0.278. The Morgan fingerprint density at radius 3 is 2.41 bits per heavy atom. The average molecular weight is 301 g/mol. The predicted molar refractivity (Wildman–Crippen MR) is 85.6 cm³/mol. The van der Waals surface area contributed by atoms with Crippen LogP contribution in [0.2, 0.25) is 0 Å². The lowest BCUT2D eigenvalue weighted by molar-refractivity contribution is -0.141. The molecule has 0 amide bonds. The van der Waals surface area contributed by atoms with Gasteiger partial charge in [-0.2, -0.15) is 0 Å². The number of ether oxygens (including phenoxy) is 2. The number of hydrogen-bond donors (Lipinski definition) is 1. The SMILES string of the molecule is [2H]C([2H])(C(=O)OC)C(NCc1ccccc1)c1ccc(OC)cc1. The fourth-order valence-electron chi connectivity index (χ4n) is 2.04. The first-order chi connectivity index (χ1) is 11.5. The maximum Gasteiger partial charge on any atom is 0.307 e. The van der Waals surface area contributed by atoms with Crippen LogP contribution >= 0.6 is 0 Å². The van der Waals surface area contributed by atoms with Crippen molar-refractivity contribution in [2.75, 3.05) is 14.2 Å². The van der Waals surface area contributed by atoms with E-state index in [1.807, 2.05) is 30.3 Å². The van der Waals surface area contributed by atoms with Crippen LogP contribution in [0.5, 0.6) is 5.75 Å². The van der Waals surface area contributed by atoms with Crippen LogP contribution < -0.4 is 10.1 Å². The number of benzene rings is 2. The zero-order valence-electron chi connectivity index (χ0n) is 14.7. The Labute approximate surface area is 133 Å². The van der Waals surface area contributed by atoms with Gasteiger partial charge in [0.1, 0.15) is 5.75 Å². The third-order valence-corrected chi connectivity index (χ3v) is 3.25. The zero-order valence-corrected chi connectivity index (χ0v) is 12.7. The molecule has 0 fully saturated rings. The number of nitrogens with one attached hydrogen (secondary N) is 1. The highest BCUT2D eigenvalue weighted by molar-refractivity contribution is 5.70. The van der Waals surface area contributed by atoms with E-state index in [4.69, 9.17) is 7.48 Å².